The molecule has 480 valence electrons. The molecule has 82 heavy (non-hydrogen) atoms. The molecule has 1 aliphatic heterocycles. The maximum atomic E-state index is 13.2. The largest absolute Gasteiger partial charge is 0.394 e. The number of hydrogen-bond acceptors (Lipinski definition) is 8. The normalized spacial score (nSPS) is 18.6. The van der Waals surface area contributed by atoms with Gasteiger partial charge in [-0.05, 0) is 57.8 Å². The third-order valence-corrected chi connectivity index (χ3v) is 16.9. The Kier molecular flexibility index (Phi) is 58.9. The van der Waals surface area contributed by atoms with Crippen molar-refractivity contribution >= 4 is 5.91 Å². The Morgan fingerprint density at radius 2 is 0.756 bits per heavy atom. The predicted molar refractivity (Wildman–Crippen MR) is 350 cm³/mol. The molecule has 0 aromatic heterocycles. The van der Waals surface area contributed by atoms with Crippen molar-refractivity contribution in [2.24, 2.45) is 0 Å². The number of allylic oxidation sites excluding steroid dienone is 10. The highest BCUT2D eigenvalue weighted by Gasteiger charge is 2.44. The van der Waals surface area contributed by atoms with E-state index in [9.17, 15) is 30.3 Å². The molecular weight excluding hydrogens is 1020 g/mol. The van der Waals surface area contributed by atoms with Gasteiger partial charge in [0, 0.05) is 6.42 Å². The summed E-state index contributed by atoms with van der Waals surface area (Å²) in [6, 6.07) is -0.721. The highest BCUT2D eigenvalue weighted by molar-refractivity contribution is 5.76. The molecule has 1 aliphatic rings. The standard InChI is InChI=1S/C73H135NO8/c1-3-5-7-9-11-13-15-17-19-21-23-25-27-29-30-31-32-33-34-35-36-37-38-39-41-43-45-47-49-51-53-55-57-59-61-63-69(77)74-66(65-81-73-72(80)71(79)70(78)68(64-75)82-73)67(76)62-60-58-56-54-52-50-48-46-44-42-40-28-26-24-22-20-18-16-14-12-10-8-6-4-2/h5,7,11,13,17,19,23,25,29-30,66-68,70-73,75-76,78-80H,3-4,6,8-10,12,14-16,18,20-22,24,26-28,31-65H2,1-2H3,(H,74,77)/b7-5-,13-11-,19-17-,25-23-,30-29-. The number of carbonyl (C=O) groups excluding carboxylic acids is 1. The van der Waals surface area contributed by atoms with Gasteiger partial charge in [0.2, 0.25) is 5.91 Å². The van der Waals surface area contributed by atoms with Crippen molar-refractivity contribution in [2.45, 2.75) is 384 Å². The molecule has 0 bridgehead atoms. The van der Waals surface area contributed by atoms with Crippen molar-refractivity contribution in [1.29, 1.82) is 0 Å². The number of unbranched alkanes of at least 4 members (excludes halogenated alkanes) is 42. The lowest BCUT2D eigenvalue weighted by Gasteiger charge is -2.40. The minimum absolute atomic E-state index is 0.135. The summed E-state index contributed by atoms with van der Waals surface area (Å²) in [4.78, 5) is 13.2. The minimum atomic E-state index is -1.55. The van der Waals surface area contributed by atoms with E-state index in [1.54, 1.807) is 0 Å². The van der Waals surface area contributed by atoms with Crippen LogP contribution in [0, 0.1) is 0 Å². The van der Waals surface area contributed by atoms with Crippen molar-refractivity contribution < 1.29 is 39.8 Å². The van der Waals surface area contributed by atoms with Gasteiger partial charge in [0.15, 0.2) is 6.29 Å². The van der Waals surface area contributed by atoms with Crippen LogP contribution < -0.4 is 5.32 Å². The monoisotopic (exact) mass is 1150 g/mol. The highest BCUT2D eigenvalue weighted by Crippen LogP contribution is 2.24. The average Bonchev–Trinajstić information content (AvgIpc) is 3.52. The number of nitrogens with one attached hydrogen (secondary N) is 1. The van der Waals surface area contributed by atoms with Crippen LogP contribution in [0.25, 0.3) is 0 Å². The van der Waals surface area contributed by atoms with Crippen LogP contribution in [-0.2, 0) is 14.3 Å². The Bertz CT molecular complexity index is 1480. The van der Waals surface area contributed by atoms with Crippen LogP contribution in [0.1, 0.15) is 341 Å². The number of rotatable bonds is 62. The van der Waals surface area contributed by atoms with E-state index in [2.05, 4.69) is 79.9 Å². The van der Waals surface area contributed by atoms with Gasteiger partial charge in [-0.2, -0.15) is 0 Å². The molecule has 1 fully saturated rings. The van der Waals surface area contributed by atoms with Crippen LogP contribution in [0.2, 0.25) is 0 Å². The van der Waals surface area contributed by atoms with Gasteiger partial charge < -0.3 is 40.3 Å². The van der Waals surface area contributed by atoms with Gasteiger partial charge >= 0.3 is 0 Å². The van der Waals surface area contributed by atoms with E-state index < -0.39 is 49.5 Å². The van der Waals surface area contributed by atoms with Crippen molar-refractivity contribution in [3.8, 4) is 0 Å². The fraction of sp³-hybridized carbons (Fsp3) is 0.849. The molecule has 1 heterocycles. The molecule has 6 N–H and O–H groups in total. The molecule has 0 spiro atoms. The molecule has 7 atom stereocenters. The summed E-state index contributed by atoms with van der Waals surface area (Å²) in [5.74, 6) is -0.138. The lowest BCUT2D eigenvalue weighted by Crippen LogP contribution is -2.60. The van der Waals surface area contributed by atoms with Crippen molar-refractivity contribution in [3.63, 3.8) is 0 Å². The smallest absolute Gasteiger partial charge is 0.220 e. The van der Waals surface area contributed by atoms with Gasteiger partial charge in [0.05, 0.1) is 25.4 Å². The SMILES string of the molecule is CC/C=C\C/C=C\C/C=C\C/C=C\C/C=C\CCCCCCCCCCCCCCCCCCCCCC(=O)NC(COC1OC(CO)C(O)C(O)C1O)C(O)CCCCCCCCCCCCCCCCCCCCCCCCCC. The molecule has 1 rings (SSSR count). The number of amides is 1. The Balaban J connectivity index is 2.09. The number of aliphatic hydroxyl groups excluding tert-OH is 5. The van der Waals surface area contributed by atoms with Gasteiger partial charge in [-0.15, -0.1) is 0 Å². The molecule has 1 saturated heterocycles. The third-order valence-electron chi connectivity index (χ3n) is 16.9. The number of aliphatic hydroxyl groups is 5. The van der Waals surface area contributed by atoms with Gasteiger partial charge in [-0.3, -0.25) is 4.79 Å². The van der Waals surface area contributed by atoms with Crippen LogP contribution in [0.3, 0.4) is 0 Å². The molecule has 9 nitrogen and oxygen atoms in total. The first-order valence-electron chi connectivity index (χ1n) is 35.5. The Labute approximate surface area is 506 Å². The number of ether oxygens (including phenoxy) is 2. The summed E-state index contributed by atoms with van der Waals surface area (Å²) >= 11 is 0. The van der Waals surface area contributed by atoms with E-state index in [1.165, 1.54) is 244 Å². The van der Waals surface area contributed by atoms with E-state index >= 15 is 0 Å². The van der Waals surface area contributed by atoms with Crippen molar-refractivity contribution in [3.05, 3.63) is 60.8 Å². The highest BCUT2D eigenvalue weighted by atomic mass is 16.7. The molecule has 9 heteroatoms. The third kappa shape index (κ3) is 50.1. The van der Waals surface area contributed by atoms with E-state index in [-0.39, 0.29) is 12.5 Å². The van der Waals surface area contributed by atoms with Crippen LogP contribution in [0.15, 0.2) is 60.8 Å². The second-order valence-electron chi connectivity index (χ2n) is 24.7. The quantitative estimate of drug-likeness (QED) is 0.0261. The lowest BCUT2D eigenvalue weighted by molar-refractivity contribution is -0.302. The van der Waals surface area contributed by atoms with Gasteiger partial charge in [0.25, 0.3) is 0 Å². The second-order valence-corrected chi connectivity index (χ2v) is 24.7. The van der Waals surface area contributed by atoms with Gasteiger partial charge in [-0.25, -0.2) is 0 Å². The van der Waals surface area contributed by atoms with Gasteiger partial charge in [-0.1, -0.05) is 338 Å². The van der Waals surface area contributed by atoms with Crippen LogP contribution in [0.5, 0.6) is 0 Å². The molecule has 0 aromatic rings. The average molecular weight is 1150 g/mol. The van der Waals surface area contributed by atoms with E-state index in [0.717, 1.165) is 70.6 Å². The van der Waals surface area contributed by atoms with Crippen LogP contribution in [-0.4, -0.2) is 87.5 Å². The Morgan fingerprint density at radius 3 is 1.12 bits per heavy atom. The second kappa shape index (κ2) is 62.0. The first kappa shape index (κ1) is 77.9. The van der Waals surface area contributed by atoms with Crippen LogP contribution >= 0.6 is 0 Å². The Hall–Kier alpha value is -2.11. The first-order chi connectivity index (χ1) is 40.3. The molecule has 0 aliphatic carbocycles. The summed E-state index contributed by atoms with van der Waals surface area (Å²) < 4.78 is 11.4. The maximum Gasteiger partial charge on any atom is 0.220 e. The molecule has 1 amide bonds. The first-order valence-corrected chi connectivity index (χ1v) is 35.5. The zero-order valence-electron chi connectivity index (χ0n) is 53.8. The summed E-state index contributed by atoms with van der Waals surface area (Å²) in [6.45, 7) is 3.77. The summed E-state index contributed by atoms with van der Waals surface area (Å²) in [5.41, 5.74) is 0. The lowest BCUT2D eigenvalue weighted by atomic mass is 9.99. The predicted octanol–water partition coefficient (Wildman–Crippen LogP) is 19.4. The fourth-order valence-corrected chi connectivity index (χ4v) is 11.4. The van der Waals surface area contributed by atoms with Gasteiger partial charge in [0.1, 0.15) is 24.4 Å². The number of hydrogen-bond donors (Lipinski definition) is 6. The molecule has 0 aromatic carbocycles. The summed E-state index contributed by atoms with van der Waals surface area (Å²) in [7, 11) is 0. The van der Waals surface area contributed by atoms with E-state index in [0.29, 0.717) is 12.8 Å². The zero-order valence-corrected chi connectivity index (χ0v) is 53.8. The van der Waals surface area contributed by atoms with E-state index in [4.69, 9.17) is 9.47 Å². The molecule has 7 unspecified atom stereocenters. The fourth-order valence-electron chi connectivity index (χ4n) is 11.4. The summed E-state index contributed by atoms with van der Waals surface area (Å²) in [6.07, 6.45) is 78.6. The molecule has 0 saturated carbocycles. The summed E-state index contributed by atoms with van der Waals surface area (Å²) in [5, 5.41) is 55.0. The minimum Gasteiger partial charge on any atom is -0.394 e. The van der Waals surface area contributed by atoms with E-state index in [1.807, 2.05) is 0 Å². The maximum absolute atomic E-state index is 13.2. The van der Waals surface area contributed by atoms with Crippen molar-refractivity contribution in [1.82, 2.24) is 5.32 Å². The molecule has 0 radical (unpaired) electrons. The Morgan fingerprint density at radius 1 is 0.427 bits per heavy atom. The number of carbonyl (C=O) groups is 1. The van der Waals surface area contributed by atoms with Crippen LogP contribution in [0.4, 0.5) is 0 Å². The molecular formula is C73H135NO8. The van der Waals surface area contributed by atoms with Crippen molar-refractivity contribution in [2.75, 3.05) is 13.2 Å². The topological polar surface area (TPSA) is 149 Å². The zero-order chi connectivity index (χ0) is 59.3.